The van der Waals surface area contributed by atoms with Crippen LogP contribution in [0.15, 0.2) is 28.2 Å². The SMILES string of the molecule is COc1ccc(Br)c(CC(NN)c2scnc2C)c1. The highest BCUT2D eigenvalue weighted by Gasteiger charge is 2.17. The van der Waals surface area contributed by atoms with Crippen LogP contribution in [0, 0.1) is 6.92 Å². The number of nitrogens with two attached hydrogens (primary N) is 1. The summed E-state index contributed by atoms with van der Waals surface area (Å²) in [6.07, 6.45) is 0.775. The first-order valence-electron chi connectivity index (χ1n) is 5.84. The van der Waals surface area contributed by atoms with Crippen LogP contribution in [-0.4, -0.2) is 12.1 Å². The van der Waals surface area contributed by atoms with Crippen molar-refractivity contribution in [3.05, 3.63) is 44.3 Å². The summed E-state index contributed by atoms with van der Waals surface area (Å²) in [7, 11) is 1.67. The fourth-order valence-corrected chi connectivity index (χ4v) is 3.20. The zero-order valence-electron chi connectivity index (χ0n) is 10.8. The number of hydrogen-bond donors (Lipinski definition) is 2. The minimum absolute atomic E-state index is 0.0518. The lowest BCUT2D eigenvalue weighted by Crippen LogP contribution is -2.29. The second-order valence-electron chi connectivity index (χ2n) is 4.18. The summed E-state index contributed by atoms with van der Waals surface area (Å²) in [4.78, 5) is 5.43. The second-order valence-corrected chi connectivity index (χ2v) is 5.92. The molecule has 0 aliphatic rings. The van der Waals surface area contributed by atoms with Crippen LogP contribution in [0.25, 0.3) is 0 Å². The van der Waals surface area contributed by atoms with E-state index in [-0.39, 0.29) is 6.04 Å². The summed E-state index contributed by atoms with van der Waals surface area (Å²) in [6, 6.07) is 5.98. The van der Waals surface area contributed by atoms with Gasteiger partial charge in [-0.1, -0.05) is 15.9 Å². The first-order chi connectivity index (χ1) is 9.15. The van der Waals surface area contributed by atoms with E-state index in [1.54, 1.807) is 18.4 Å². The molecule has 0 bridgehead atoms. The van der Waals surface area contributed by atoms with Gasteiger partial charge in [0.2, 0.25) is 0 Å². The number of hydrogen-bond acceptors (Lipinski definition) is 5. The second kappa shape index (κ2) is 6.47. The third kappa shape index (κ3) is 3.33. The molecule has 3 N–H and O–H groups in total. The Kier molecular flexibility index (Phi) is 4.93. The molecule has 0 radical (unpaired) electrons. The highest BCUT2D eigenvalue weighted by Crippen LogP contribution is 2.29. The first-order valence-corrected chi connectivity index (χ1v) is 7.51. The molecule has 1 heterocycles. The van der Waals surface area contributed by atoms with Crippen LogP contribution in [0.3, 0.4) is 0 Å². The normalized spacial score (nSPS) is 12.4. The Morgan fingerprint density at radius 3 is 2.89 bits per heavy atom. The van der Waals surface area contributed by atoms with Gasteiger partial charge in [-0.05, 0) is 37.1 Å². The Morgan fingerprint density at radius 2 is 2.32 bits per heavy atom. The lowest BCUT2D eigenvalue weighted by atomic mass is 10.0. The molecule has 0 saturated carbocycles. The van der Waals surface area contributed by atoms with Gasteiger partial charge >= 0.3 is 0 Å². The number of hydrazine groups is 1. The largest absolute Gasteiger partial charge is 0.497 e. The smallest absolute Gasteiger partial charge is 0.119 e. The number of benzene rings is 1. The van der Waals surface area contributed by atoms with Crippen LogP contribution < -0.4 is 16.0 Å². The van der Waals surface area contributed by atoms with Crippen LogP contribution in [0.5, 0.6) is 5.75 Å². The van der Waals surface area contributed by atoms with Crippen molar-refractivity contribution < 1.29 is 4.74 Å². The van der Waals surface area contributed by atoms with Gasteiger partial charge in [0, 0.05) is 9.35 Å². The van der Waals surface area contributed by atoms with E-state index in [2.05, 4.69) is 26.3 Å². The lowest BCUT2D eigenvalue weighted by Gasteiger charge is -2.16. The number of nitrogens with one attached hydrogen (secondary N) is 1. The number of halogens is 1. The topological polar surface area (TPSA) is 60.2 Å². The first kappa shape index (κ1) is 14.5. The standard InChI is InChI=1S/C13H16BrN3OS/c1-8-13(19-7-16-8)12(17-15)6-9-5-10(18-2)3-4-11(9)14/h3-5,7,12,17H,6,15H2,1-2H3. The molecule has 0 aliphatic carbocycles. The average Bonchev–Trinajstić information content (AvgIpc) is 2.84. The number of nitrogens with zero attached hydrogens (tertiary/aromatic N) is 1. The van der Waals surface area contributed by atoms with E-state index in [4.69, 9.17) is 10.6 Å². The van der Waals surface area contributed by atoms with E-state index < -0.39 is 0 Å². The number of rotatable bonds is 5. The molecular formula is C13H16BrN3OS. The molecule has 1 aromatic heterocycles. The molecule has 0 spiro atoms. The molecule has 1 aromatic carbocycles. The van der Waals surface area contributed by atoms with E-state index in [0.717, 1.165) is 32.8 Å². The zero-order chi connectivity index (χ0) is 13.8. The summed E-state index contributed by atoms with van der Waals surface area (Å²) >= 11 is 5.18. The molecule has 0 saturated heterocycles. The highest BCUT2D eigenvalue weighted by atomic mass is 79.9. The Balaban J connectivity index is 2.26. The molecule has 0 amide bonds. The molecule has 2 aromatic rings. The number of aryl methyl sites for hydroxylation is 1. The van der Waals surface area contributed by atoms with Gasteiger partial charge in [0.05, 0.1) is 24.4 Å². The Hall–Kier alpha value is -0.950. The molecular weight excluding hydrogens is 326 g/mol. The predicted octanol–water partition coefficient (Wildman–Crippen LogP) is 2.97. The lowest BCUT2D eigenvalue weighted by molar-refractivity contribution is 0.413. The van der Waals surface area contributed by atoms with Crippen molar-refractivity contribution in [1.82, 2.24) is 10.4 Å². The van der Waals surface area contributed by atoms with Crippen LogP contribution in [-0.2, 0) is 6.42 Å². The molecule has 0 fully saturated rings. The monoisotopic (exact) mass is 341 g/mol. The van der Waals surface area contributed by atoms with E-state index in [0.29, 0.717) is 0 Å². The van der Waals surface area contributed by atoms with Gasteiger partial charge in [-0.2, -0.15) is 0 Å². The molecule has 6 heteroatoms. The van der Waals surface area contributed by atoms with E-state index >= 15 is 0 Å². The summed E-state index contributed by atoms with van der Waals surface area (Å²) in [5.41, 5.74) is 6.88. The molecule has 1 unspecified atom stereocenters. The van der Waals surface area contributed by atoms with Gasteiger partial charge in [0.15, 0.2) is 0 Å². The Labute approximate surface area is 125 Å². The van der Waals surface area contributed by atoms with E-state index in [1.165, 1.54) is 0 Å². The van der Waals surface area contributed by atoms with Crippen molar-refractivity contribution in [1.29, 1.82) is 0 Å². The quantitative estimate of drug-likeness (QED) is 0.648. The maximum Gasteiger partial charge on any atom is 0.119 e. The fraction of sp³-hybridized carbons (Fsp3) is 0.308. The summed E-state index contributed by atoms with van der Waals surface area (Å²) < 4.78 is 6.31. The van der Waals surface area contributed by atoms with Gasteiger partial charge in [0.25, 0.3) is 0 Å². The van der Waals surface area contributed by atoms with E-state index in [1.807, 2.05) is 30.6 Å². The van der Waals surface area contributed by atoms with Gasteiger partial charge in [-0.15, -0.1) is 11.3 Å². The van der Waals surface area contributed by atoms with Gasteiger partial charge in [-0.25, -0.2) is 4.98 Å². The van der Waals surface area contributed by atoms with Crippen LogP contribution >= 0.6 is 27.3 Å². The number of methoxy groups -OCH3 is 1. The molecule has 4 nitrogen and oxygen atoms in total. The van der Waals surface area contributed by atoms with Gasteiger partial charge in [-0.3, -0.25) is 11.3 Å². The van der Waals surface area contributed by atoms with Crippen molar-refractivity contribution >= 4 is 27.3 Å². The molecule has 19 heavy (non-hydrogen) atoms. The van der Waals surface area contributed by atoms with Crippen molar-refractivity contribution in [2.24, 2.45) is 5.84 Å². The average molecular weight is 342 g/mol. The van der Waals surface area contributed by atoms with Crippen molar-refractivity contribution in [2.75, 3.05) is 7.11 Å². The van der Waals surface area contributed by atoms with Crippen molar-refractivity contribution in [2.45, 2.75) is 19.4 Å². The highest BCUT2D eigenvalue weighted by molar-refractivity contribution is 9.10. The fourth-order valence-electron chi connectivity index (χ4n) is 1.93. The number of aromatic nitrogens is 1. The maximum atomic E-state index is 5.68. The number of thiazole rings is 1. The molecule has 2 rings (SSSR count). The van der Waals surface area contributed by atoms with Crippen LogP contribution in [0.1, 0.15) is 22.2 Å². The van der Waals surface area contributed by atoms with E-state index in [9.17, 15) is 0 Å². The van der Waals surface area contributed by atoms with Crippen molar-refractivity contribution in [3.63, 3.8) is 0 Å². The Morgan fingerprint density at radius 1 is 1.53 bits per heavy atom. The molecule has 102 valence electrons. The van der Waals surface area contributed by atoms with Crippen molar-refractivity contribution in [3.8, 4) is 5.75 Å². The predicted molar refractivity (Wildman–Crippen MR) is 81.3 cm³/mol. The van der Waals surface area contributed by atoms with Crippen LogP contribution in [0.4, 0.5) is 0 Å². The molecule has 0 aliphatic heterocycles. The summed E-state index contributed by atoms with van der Waals surface area (Å²) in [5, 5.41) is 0. The Bertz CT molecular complexity index is 559. The number of ether oxygens (including phenoxy) is 1. The third-order valence-corrected chi connectivity index (χ3v) is 4.80. The maximum absolute atomic E-state index is 5.68. The van der Waals surface area contributed by atoms with Gasteiger partial charge in [0.1, 0.15) is 5.75 Å². The van der Waals surface area contributed by atoms with Crippen LogP contribution in [0.2, 0.25) is 0 Å². The summed E-state index contributed by atoms with van der Waals surface area (Å²) in [6.45, 7) is 2.00. The minimum Gasteiger partial charge on any atom is -0.497 e. The third-order valence-electron chi connectivity index (χ3n) is 2.98. The zero-order valence-corrected chi connectivity index (χ0v) is 13.2. The van der Waals surface area contributed by atoms with Gasteiger partial charge < -0.3 is 4.74 Å². The summed E-state index contributed by atoms with van der Waals surface area (Å²) in [5.74, 6) is 6.53. The minimum atomic E-state index is 0.0518. The molecule has 1 atom stereocenters.